The molecular weight excluding hydrogens is 315 g/mol. The highest BCUT2D eigenvalue weighted by atomic mass is 19.4. The summed E-state index contributed by atoms with van der Waals surface area (Å²) in [5, 5.41) is 6.32. The van der Waals surface area contributed by atoms with Crippen LogP contribution in [0.1, 0.15) is 11.1 Å². The molecule has 0 atom stereocenters. The SMILES string of the molecule is FC(F)(F)c1ccc(C=NN2CCN(c3ccccc3)CC2)cc1. The number of rotatable bonds is 3. The smallest absolute Gasteiger partial charge is 0.368 e. The Balaban J connectivity index is 1.55. The summed E-state index contributed by atoms with van der Waals surface area (Å²) in [5.41, 5.74) is 1.22. The van der Waals surface area contributed by atoms with Crippen molar-refractivity contribution in [3.8, 4) is 0 Å². The third-order valence-electron chi connectivity index (χ3n) is 3.99. The van der Waals surface area contributed by atoms with Crippen LogP contribution in [0.5, 0.6) is 0 Å². The molecule has 1 aliphatic heterocycles. The number of alkyl halides is 3. The highest BCUT2D eigenvalue weighted by molar-refractivity contribution is 5.79. The van der Waals surface area contributed by atoms with Crippen molar-refractivity contribution in [2.75, 3.05) is 31.1 Å². The van der Waals surface area contributed by atoms with E-state index in [1.165, 1.54) is 17.8 Å². The Kier molecular flexibility index (Phi) is 4.74. The highest BCUT2D eigenvalue weighted by Gasteiger charge is 2.29. The van der Waals surface area contributed by atoms with Gasteiger partial charge in [-0.25, -0.2) is 0 Å². The van der Waals surface area contributed by atoms with E-state index in [1.54, 1.807) is 6.21 Å². The maximum atomic E-state index is 12.5. The van der Waals surface area contributed by atoms with Crippen molar-refractivity contribution < 1.29 is 13.2 Å². The number of hydrogen-bond acceptors (Lipinski definition) is 3. The summed E-state index contributed by atoms with van der Waals surface area (Å²) >= 11 is 0. The van der Waals surface area contributed by atoms with Gasteiger partial charge in [-0.15, -0.1) is 0 Å². The molecule has 0 aliphatic carbocycles. The predicted octanol–water partition coefficient (Wildman–Crippen LogP) is 3.86. The fraction of sp³-hybridized carbons (Fsp3) is 0.278. The zero-order chi connectivity index (χ0) is 17.0. The normalized spacial score (nSPS) is 16.0. The molecule has 0 aromatic heterocycles. The first kappa shape index (κ1) is 16.4. The molecule has 1 saturated heterocycles. The lowest BCUT2D eigenvalue weighted by atomic mass is 10.1. The number of para-hydroxylation sites is 1. The van der Waals surface area contributed by atoms with E-state index in [-0.39, 0.29) is 0 Å². The van der Waals surface area contributed by atoms with Gasteiger partial charge in [0.15, 0.2) is 0 Å². The van der Waals surface area contributed by atoms with Crippen molar-refractivity contribution >= 4 is 11.9 Å². The van der Waals surface area contributed by atoms with Crippen LogP contribution in [-0.4, -0.2) is 37.4 Å². The fourth-order valence-electron chi connectivity index (χ4n) is 2.61. The van der Waals surface area contributed by atoms with Gasteiger partial charge in [0.2, 0.25) is 0 Å². The minimum atomic E-state index is -4.30. The van der Waals surface area contributed by atoms with Gasteiger partial charge in [-0.1, -0.05) is 30.3 Å². The molecule has 0 unspecified atom stereocenters. The highest BCUT2D eigenvalue weighted by Crippen LogP contribution is 2.28. The first-order valence-electron chi connectivity index (χ1n) is 7.78. The van der Waals surface area contributed by atoms with Gasteiger partial charge < -0.3 is 4.90 Å². The van der Waals surface area contributed by atoms with Crippen molar-refractivity contribution in [1.29, 1.82) is 0 Å². The second-order valence-electron chi connectivity index (χ2n) is 5.64. The second kappa shape index (κ2) is 6.95. The molecular formula is C18H18F3N3. The minimum absolute atomic E-state index is 0.642. The van der Waals surface area contributed by atoms with Crippen molar-refractivity contribution in [2.45, 2.75) is 6.18 Å². The van der Waals surface area contributed by atoms with Crippen LogP contribution in [0, 0.1) is 0 Å². The van der Waals surface area contributed by atoms with Crippen molar-refractivity contribution in [3.05, 3.63) is 65.7 Å². The first-order chi connectivity index (χ1) is 11.5. The molecule has 0 radical (unpaired) electrons. The summed E-state index contributed by atoms with van der Waals surface area (Å²) in [6.07, 6.45) is -2.69. The van der Waals surface area contributed by atoms with Crippen LogP contribution in [0.25, 0.3) is 0 Å². The number of benzene rings is 2. The Morgan fingerprint density at radius 3 is 2.04 bits per heavy atom. The molecule has 2 aromatic carbocycles. The van der Waals surface area contributed by atoms with Gasteiger partial charge in [0.25, 0.3) is 0 Å². The van der Waals surface area contributed by atoms with Crippen LogP contribution in [0.3, 0.4) is 0 Å². The minimum Gasteiger partial charge on any atom is -0.368 e. The Bertz CT molecular complexity index is 673. The summed E-state index contributed by atoms with van der Waals surface area (Å²) < 4.78 is 37.6. The standard InChI is InChI=1S/C18H18F3N3/c19-18(20,21)16-8-6-15(7-9-16)14-22-24-12-10-23(11-13-24)17-4-2-1-3-5-17/h1-9,14H,10-13H2. The van der Waals surface area contributed by atoms with Gasteiger partial charge in [0.1, 0.15) is 0 Å². The molecule has 126 valence electrons. The van der Waals surface area contributed by atoms with Crippen LogP contribution in [-0.2, 0) is 6.18 Å². The Morgan fingerprint density at radius 2 is 1.46 bits per heavy atom. The van der Waals surface area contributed by atoms with Crippen molar-refractivity contribution in [2.24, 2.45) is 5.10 Å². The van der Waals surface area contributed by atoms with Crippen molar-refractivity contribution in [3.63, 3.8) is 0 Å². The largest absolute Gasteiger partial charge is 0.416 e. The lowest BCUT2D eigenvalue weighted by Gasteiger charge is -2.34. The first-order valence-corrected chi connectivity index (χ1v) is 7.78. The summed E-state index contributed by atoms with van der Waals surface area (Å²) in [4.78, 5) is 2.30. The molecule has 1 heterocycles. The topological polar surface area (TPSA) is 18.8 Å². The molecule has 24 heavy (non-hydrogen) atoms. The molecule has 6 heteroatoms. The number of piperazine rings is 1. The molecule has 0 bridgehead atoms. The van der Waals surface area contributed by atoms with Gasteiger partial charge in [-0.05, 0) is 29.8 Å². The molecule has 0 saturated carbocycles. The Labute approximate surface area is 139 Å². The molecule has 0 amide bonds. The van der Waals surface area contributed by atoms with E-state index in [0.717, 1.165) is 38.3 Å². The summed E-state index contributed by atoms with van der Waals surface area (Å²) in [5.74, 6) is 0. The summed E-state index contributed by atoms with van der Waals surface area (Å²) in [7, 11) is 0. The summed E-state index contributed by atoms with van der Waals surface area (Å²) in [6.45, 7) is 3.31. The van der Waals surface area contributed by atoms with Crippen LogP contribution in [0.4, 0.5) is 18.9 Å². The molecule has 3 nitrogen and oxygen atoms in total. The quantitative estimate of drug-likeness (QED) is 0.794. The van der Waals surface area contributed by atoms with E-state index in [1.807, 2.05) is 23.2 Å². The van der Waals surface area contributed by atoms with E-state index in [4.69, 9.17) is 0 Å². The number of halogens is 3. The molecule has 0 spiro atoms. The average molecular weight is 333 g/mol. The molecule has 1 aliphatic rings. The summed E-state index contributed by atoms with van der Waals surface area (Å²) in [6, 6.07) is 15.2. The van der Waals surface area contributed by atoms with Gasteiger partial charge in [-0.2, -0.15) is 18.3 Å². The second-order valence-corrected chi connectivity index (χ2v) is 5.64. The number of hydrazone groups is 1. The molecule has 3 rings (SSSR count). The van der Waals surface area contributed by atoms with E-state index in [9.17, 15) is 13.2 Å². The Hall–Kier alpha value is -2.50. The van der Waals surface area contributed by atoms with Gasteiger partial charge in [0, 0.05) is 18.8 Å². The maximum Gasteiger partial charge on any atom is 0.416 e. The number of hydrogen-bond donors (Lipinski definition) is 0. The van der Waals surface area contributed by atoms with E-state index in [0.29, 0.717) is 5.56 Å². The van der Waals surface area contributed by atoms with E-state index in [2.05, 4.69) is 22.1 Å². The third-order valence-corrected chi connectivity index (χ3v) is 3.99. The van der Waals surface area contributed by atoms with Crippen LogP contribution in [0.15, 0.2) is 59.7 Å². The van der Waals surface area contributed by atoms with E-state index < -0.39 is 11.7 Å². The lowest BCUT2D eigenvalue weighted by molar-refractivity contribution is -0.137. The van der Waals surface area contributed by atoms with Crippen LogP contribution < -0.4 is 4.90 Å². The predicted molar refractivity (Wildman–Crippen MR) is 89.3 cm³/mol. The van der Waals surface area contributed by atoms with Crippen LogP contribution in [0.2, 0.25) is 0 Å². The molecule has 0 N–H and O–H groups in total. The Morgan fingerprint density at radius 1 is 0.833 bits per heavy atom. The van der Waals surface area contributed by atoms with Crippen LogP contribution >= 0.6 is 0 Å². The fourth-order valence-corrected chi connectivity index (χ4v) is 2.61. The number of anilines is 1. The zero-order valence-electron chi connectivity index (χ0n) is 13.1. The van der Waals surface area contributed by atoms with Gasteiger partial charge in [-0.3, -0.25) is 5.01 Å². The molecule has 2 aromatic rings. The molecule has 1 fully saturated rings. The van der Waals surface area contributed by atoms with E-state index >= 15 is 0 Å². The zero-order valence-corrected chi connectivity index (χ0v) is 13.1. The average Bonchev–Trinajstić information content (AvgIpc) is 2.61. The maximum absolute atomic E-state index is 12.5. The number of nitrogens with zero attached hydrogens (tertiary/aromatic N) is 3. The monoisotopic (exact) mass is 333 g/mol. The van der Waals surface area contributed by atoms with Gasteiger partial charge in [0.05, 0.1) is 24.9 Å². The van der Waals surface area contributed by atoms with Gasteiger partial charge >= 0.3 is 6.18 Å². The third kappa shape index (κ3) is 4.07. The van der Waals surface area contributed by atoms with Crippen molar-refractivity contribution in [1.82, 2.24) is 5.01 Å². The lowest BCUT2D eigenvalue weighted by Crippen LogP contribution is -2.44.